The van der Waals surface area contributed by atoms with Crippen molar-refractivity contribution in [2.24, 2.45) is 0 Å². The first-order valence-corrected chi connectivity index (χ1v) is 8.40. The van der Waals surface area contributed by atoms with Crippen LogP contribution >= 0.6 is 23.2 Å². The molecular formula is C17H12Cl2FN5O2. The van der Waals surface area contributed by atoms with E-state index >= 15 is 0 Å². The molecule has 27 heavy (non-hydrogen) atoms. The summed E-state index contributed by atoms with van der Waals surface area (Å²) in [5.74, 6) is -0.633. The standard InChI is InChI=1S/C17H12Cl2FN5O2/c18-12-4-2-1-3-10(12)8-21-16-15(25(26)27)17(23-9-22-16)24-11-5-6-14(20)13(19)7-11/h1-7,9H,8H2,(H2,21,22,23,24). The van der Waals surface area contributed by atoms with Crippen molar-refractivity contribution in [3.8, 4) is 0 Å². The molecule has 2 aromatic carbocycles. The van der Waals surface area contributed by atoms with Crippen LogP contribution in [-0.4, -0.2) is 14.9 Å². The maximum atomic E-state index is 13.3. The predicted octanol–water partition coefficient (Wildman–Crippen LogP) is 5.19. The molecule has 0 amide bonds. The van der Waals surface area contributed by atoms with Crippen molar-refractivity contribution in [3.63, 3.8) is 0 Å². The van der Waals surface area contributed by atoms with E-state index < -0.39 is 10.7 Å². The predicted molar refractivity (Wildman–Crippen MR) is 102 cm³/mol. The van der Waals surface area contributed by atoms with Crippen LogP contribution in [-0.2, 0) is 6.54 Å². The van der Waals surface area contributed by atoms with Gasteiger partial charge in [-0.05, 0) is 29.8 Å². The molecule has 0 unspecified atom stereocenters. The molecule has 138 valence electrons. The minimum Gasteiger partial charge on any atom is -0.360 e. The molecule has 3 aromatic rings. The molecule has 0 radical (unpaired) electrons. The Morgan fingerprint density at radius 2 is 1.81 bits per heavy atom. The van der Waals surface area contributed by atoms with Gasteiger partial charge in [-0.3, -0.25) is 10.1 Å². The summed E-state index contributed by atoms with van der Waals surface area (Å²) in [5.41, 5.74) is 0.747. The first-order valence-electron chi connectivity index (χ1n) is 7.64. The summed E-state index contributed by atoms with van der Waals surface area (Å²) in [4.78, 5) is 18.8. The zero-order valence-electron chi connectivity index (χ0n) is 13.6. The van der Waals surface area contributed by atoms with Crippen LogP contribution in [0.2, 0.25) is 10.0 Å². The Bertz CT molecular complexity index is 1000. The van der Waals surface area contributed by atoms with Crippen LogP contribution in [0, 0.1) is 15.9 Å². The maximum absolute atomic E-state index is 13.3. The molecule has 3 rings (SSSR count). The van der Waals surface area contributed by atoms with E-state index in [0.29, 0.717) is 10.7 Å². The van der Waals surface area contributed by atoms with Gasteiger partial charge in [-0.15, -0.1) is 0 Å². The third kappa shape index (κ3) is 4.42. The fourth-order valence-corrected chi connectivity index (χ4v) is 2.69. The molecule has 0 saturated heterocycles. The van der Waals surface area contributed by atoms with E-state index in [1.54, 1.807) is 18.2 Å². The van der Waals surface area contributed by atoms with Gasteiger partial charge >= 0.3 is 5.69 Å². The van der Waals surface area contributed by atoms with Crippen LogP contribution in [0.3, 0.4) is 0 Å². The molecule has 0 spiro atoms. The van der Waals surface area contributed by atoms with Crippen molar-refractivity contribution in [1.82, 2.24) is 9.97 Å². The van der Waals surface area contributed by atoms with Gasteiger partial charge in [-0.2, -0.15) is 0 Å². The lowest BCUT2D eigenvalue weighted by atomic mass is 10.2. The van der Waals surface area contributed by atoms with Gasteiger partial charge in [-0.1, -0.05) is 41.4 Å². The normalized spacial score (nSPS) is 10.5. The van der Waals surface area contributed by atoms with Crippen LogP contribution in [0.4, 0.5) is 27.4 Å². The van der Waals surface area contributed by atoms with E-state index in [2.05, 4.69) is 20.6 Å². The number of aromatic nitrogens is 2. The first-order chi connectivity index (χ1) is 13.0. The fourth-order valence-electron chi connectivity index (χ4n) is 2.30. The smallest absolute Gasteiger partial charge is 0.353 e. The van der Waals surface area contributed by atoms with Gasteiger partial charge in [0.2, 0.25) is 11.6 Å². The Kier molecular flexibility index (Phi) is 5.68. The van der Waals surface area contributed by atoms with Crippen LogP contribution in [0.1, 0.15) is 5.56 Å². The molecule has 0 atom stereocenters. The fraction of sp³-hybridized carbons (Fsp3) is 0.0588. The maximum Gasteiger partial charge on any atom is 0.353 e. The van der Waals surface area contributed by atoms with Crippen LogP contribution < -0.4 is 10.6 Å². The minimum atomic E-state index is -0.609. The average Bonchev–Trinajstić information content (AvgIpc) is 2.64. The van der Waals surface area contributed by atoms with Gasteiger partial charge in [-0.25, -0.2) is 14.4 Å². The topological polar surface area (TPSA) is 93.0 Å². The Hall–Kier alpha value is -2.97. The van der Waals surface area contributed by atoms with Crippen molar-refractivity contribution in [2.45, 2.75) is 6.54 Å². The Morgan fingerprint density at radius 3 is 2.52 bits per heavy atom. The summed E-state index contributed by atoms with van der Waals surface area (Å²) in [7, 11) is 0. The highest BCUT2D eigenvalue weighted by Gasteiger charge is 2.23. The second-order valence-corrected chi connectivity index (χ2v) is 6.19. The van der Waals surface area contributed by atoms with E-state index in [4.69, 9.17) is 23.2 Å². The molecule has 0 saturated carbocycles. The molecule has 1 aromatic heterocycles. The van der Waals surface area contributed by atoms with Crippen molar-refractivity contribution in [1.29, 1.82) is 0 Å². The largest absolute Gasteiger partial charge is 0.360 e. The zero-order chi connectivity index (χ0) is 19.4. The Morgan fingerprint density at radius 1 is 1.07 bits per heavy atom. The summed E-state index contributed by atoms with van der Waals surface area (Å²) in [6, 6.07) is 11.0. The zero-order valence-corrected chi connectivity index (χ0v) is 15.1. The summed E-state index contributed by atoms with van der Waals surface area (Å²) in [5, 5.41) is 17.6. The van der Waals surface area contributed by atoms with Crippen LogP contribution in [0.25, 0.3) is 0 Å². The van der Waals surface area contributed by atoms with Crippen LogP contribution in [0.15, 0.2) is 48.8 Å². The highest BCUT2D eigenvalue weighted by Crippen LogP contribution is 2.32. The molecule has 2 N–H and O–H groups in total. The number of rotatable bonds is 6. The molecule has 0 fully saturated rings. The molecule has 7 nitrogen and oxygen atoms in total. The number of nitrogens with one attached hydrogen (secondary N) is 2. The average molecular weight is 408 g/mol. The Balaban J connectivity index is 1.89. The monoisotopic (exact) mass is 407 g/mol. The summed E-state index contributed by atoms with van der Waals surface area (Å²) < 4.78 is 13.3. The number of hydrogen-bond acceptors (Lipinski definition) is 6. The second kappa shape index (κ2) is 8.15. The highest BCUT2D eigenvalue weighted by atomic mass is 35.5. The molecular weight excluding hydrogens is 396 g/mol. The van der Waals surface area contributed by atoms with E-state index in [1.807, 2.05) is 6.07 Å². The van der Waals surface area contributed by atoms with E-state index in [1.165, 1.54) is 18.5 Å². The Labute approximate surface area is 163 Å². The molecule has 0 aliphatic rings. The number of halogens is 3. The lowest BCUT2D eigenvalue weighted by Crippen LogP contribution is -2.08. The SMILES string of the molecule is O=[N+]([O-])c1c(NCc2ccccc2Cl)ncnc1Nc1ccc(F)c(Cl)c1. The third-order valence-electron chi connectivity index (χ3n) is 3.59. The molecule has 0 bridgehead atoms. The number of benzene rings is 2. The second-order valence-electron chi connectivity index (χ2n) is 5.38. The molecule has 1 heterocycles. The van der Waals surface area contributed by atoms with Gasteiger partial charge in [0.1, 0.15) is 12.1 Å². The first kappa shape index (κ1) is 18.8. The van der Waals surface area contributed by atoms with Gasteiger partial charge in [0.05, 0.1) is 9.95 Å². The number of nitrogens with zero attached hydrogens (tertiary/aromatic N) is 3. The van der Waals surface area contributed by atoms with Crippen molar-refractivity contribution < 1.29 is 9.31 Å². The summed E-state index contributed by atoms with van der Waals surface area (Å²) >= 11 is 11.8. The molecule has 0 aliphatic heterocycles. The minimum absolute atomic E-state index is 0.0191. The van der Waals surface area contributed by atoms with E-state index in [0.717, 1.165) is 11.6 Å². The quantitative estimate of drug-likeness (QED) is 0.431. The van der Waals surface area contributed by atoms with E-state index in [9.17, 15) is 14.5 Å². The summed E-state index contributed by atoms with van der Waals surface area (Å²) in [6.45, 7) is 0.235. The molecule has 0 aliphatic carbocycles. The van der Waals surface area contributed by atoms with Gasteiger partial charge in [0, 0.05) is 17.3 Å². The lowest BCUT2D eigenvalue weighted by Gasteiger charge is -2.11. The van der Waals surface area contributed by atoms with Gasteiger partial charge < -0.3 is 10.6 Å². The number of anilines is 3. The lowest BCUT2D eigenvalue weighted by molar-refractivity contribution is -0.383. The van der Waals surface area contributed by atoms with Crippen molar-refractivity contribution in [2.75, 3.05) is 10.6 Å². The van der Waals surface area contributed by atoms with Crippen LogP contribution in [0.5, 0.6) is 0 Å². The van der Waals surface area contributed by atoms with E-state index in [-0.39, 0.29) is 28.9 Å². The van der Waals surface area contributed by atoms with Gasteiger partial charge in [0.15, 0.2) is 0 Å². The van der Waals surface area contributed by atoms with Crippen molar-refractivity contribution in [3.05, 3.63) is 80.3 Å². The molecule has 10 heteroatoms. The third-order valence-corrected chi connectivity index (χ3v) is 4.25. The highest BCUT2D eigenvalue weighted by molar-refractivity contribution is 6.31. The number of hydrogen-bond donors (Lipinski definition) is 2. The number of nitro groups is 1. The summed E-state index contributed by atoms with van der Waals surface area (Å²) in [6.07, 6.45) is 1.18. The van der Waals surface area contributed by atoms with Gasteiger partial charge in [0.25, 0.3) is 0 Å². The van der Waals surface area contributed by atoms with Crippen molar-refractivity contribution >= 4 is 46.2 Å².